The van der Waals surface area contributed by atoms with Crippen molar-refractivity contribution >= 4 is 0 Å². The van der Waals surface area contributed by atoms with Gasteiger partial charge in [-0.25, -0.2) is 0 Å². The molecule has 2 aliphatic rings. The van der Waals surface area contributed by atoms with Crippen LogP contribution < -0.4 is 18.9 Å². The van der Waals surface area contributed by atoms with E-state index in [0.29, 0.717) is 25.4 Å². The Balaban J connectivity index is 0.000000157. The summed E-state index contributed by atoms with van der Waals surface area (Å²) in [6.07, 6.45) is 0. The molecular formula is C33H44O4. The van der Waals surface area contributed by atoms with Crippen LogP contribution in [-0.4, -0.2) is 20.0 Å². The van der Waals surface area contributed by atoms with Gasteiger partial charge >= 0.3 is 0 Å². The Kier molecular flexibility index (Phi) is 8.84. The van der Waals surface area contributed by atoms with Crippen LogP contribution in [0.15, 0.2) is 66.7 Å². The molecule has 0 saturated heterocycles. The molecule has 0 radical (unpaired) electrons. The van der Waals surface area contributed by atoms with Crippen molar-refractivity contribution in [2.75, 3.05) is 20.0 Å². The van der Waals surface area contributed by atoms with E-state index < -0.39 is 0 Å². The zero-order valence-electron chi connectivity index (χ0n) is 24.1. The van der Waals surface area contributed by atoms with Crippen LogP contribution in [0, 0.1) is 0 Å². The molecule has 0 amide bonds. The van der Waals surface area contributed by atoms with Crippen LogP contribution >= 0.6 is 0 Å². The lowest BCUT2D eigenvalue weighted by molar-refractivity contribution is 0.171. The quantitative estimate of drug-likeness (QED) is 0.308. The van der Waals surface area contributed by atoms with Crippen molar-refractivity contribution in [2.24, 2.45) is 0 Å². The summed E-state index contributed by atoms with van der Waals surface area (Å²) >= 11 is 0. The molecule has 3 aromatic carbocycles. The second kappa shape index (κ2) is 11.5. The molecule has 2 aliphatic heterocycles. The lowest BCUT2D eigenvalue weighted by atomic mass is 9.87. The minimum Gasteiger partial charge on any atom is -0.486 e. The van der Waals surface area contributed by atoms with Gasteiger partial charge in [-0.1, -0.05) is 105 Å². The van der Waals surface area contributed by atoms with E-state index in [1.54, 1.807) is 0 Å². The van der Waals surface area contributed by atoms with Gasteiger partial charge in [0.05, 0.1) is 0 Å². The monoisotopic (exact) mass is 504 g/mol. The van der Waals surface area contributed by atoms with E-state index in [2.05, 4.69) is 117 Å². The van der Waals surface area contributed by atoms with E-state index in [1.807, 2.05) is 12.1 Å². The number of fused-ring (bicyclic) bond motifs is 2. The molecular weight excluding hydrogens is 460 g/mol. The third kappa shape index (κ3) is 8.18. The van der Waals surface area contributed by atoms with Crippen molar-refractivity contribution < 1.29 is 18.9 Å². The molecule has 5 rings (SSSR count). The fraction of sp³-hybridized carbons (Fsp3) is 0.455. The van der Waals surface area contributed by atoms with E-state index in [9.17, 15) is 0 Å². The minimum atomic E-state index is 0.163. The molecule has 0 spiro atoms. The summed E-state index contributed by atoms with van der Waals surface area (Å²) in [5, 5.41) is 0. The molecule has 0 N–H and O–H groups in total. The first kappa shape index (κ1) is 28.4. The molecule has 2 heterocycles. The summed E-state index contributed by atoms with van der Waals surface area (Å²) in [5.41, 5.74) is 4.58. The molecule has 200 valence electrons. The van der Waals surface area contributed by atoms with E-state index in [1.165, 1.54) is 16.7 Å². The molecule has 3 aromatic rings. The molecule has 0 aromatic heterocycles. The van der Waals surface area contributed by atoms with Crippen LogP contribution in [0.1, 0.15) is 79.0 Å². The highest BCUT2D eigenvalue weighted by Gasteiger charge is 2.20. The number of rotatable bonds is 0. The van der Waals surface area contributed by atoms with E-state index in [4.69, 9.17) is 18.9 Å². The van der Waals surface area contributed by atoms with Crippen molar-refractivity contribution in [3.05, 3.63) is 83.4 Å². The zero-order valence-corrected chi connectivity index (χ0v) is 24.1. The van der Waals surface area contributed by atoms with Gasteiger partial charge in [-0.2, -0.15) is 0 Å². The maximum atomic E-state index is 5.53. The maximum Gasteiger partial charge on any atom is 0.231 e. The SMILES string of the molecule is CC(C)(C)c1ccc2c(c1)OCCO2.CC(C)(C)c1ccc2c(c1)OCO2.CC(C)(C)c1ccccc1. The molecule has 4 nitrogen and oxygen atoms in total. The third-order valence-electron chi connectivity index (χ3n) is 6.29. The summed E-state index contributed by atoms with van der Waals surface area (Å²) in [6, 6.07) is 22.9. The Hall–Kier alpha value is -3.14. The molecule has 0 saturated carbocycles. The van der Waals surface area contributed by atoms with Gasteiger partial charge in [0.2, 0.25) is 6.79 Å². The van der Waals surface area contributed by atoms with Crippen molar-refractivity contribution in [3.8, 4) is 23.0 Å². The summed E-state index contributed by atoms with van der Waals surface area (Å²) in [6.45, 7) is 21.5. The van der Waals surface area contributed by atoms with Crippen molar-refractivity contribution in [3.63, 3.8) is 0 Å². The summed E-state index contributed by atoms with van der Waals surface area (Å²) in [5.74, 6) is 3.47. The predicted molar refractivity (Wildman–Crippen MR) is 153 cm³/mol. The van der Waals surface area contributed by atoms with Gasteiger partial charge in [-0.3, -0.25) is 0 Å². The van der Waals surface area contributed by atoms with Crippen LogP contribution in [0.25, 0.3) is 0 Å². The van der Waals surface area contributed by atoms with Crippen molar-refractivity contribution in [2.45, 2.75) is 78.6 Å². The van der Waals surface area contributed by atoms with E-state index in [-0.39, 0.29) is 10.8 Å². The lowest BCUT2D eigenvalue weighted by Crippen LogP contribution is -2.17. The second-order valence-electron chi connectivity index (χ2n) is 12.5. The van der Waals surface area contributed by atoms with Crippen molar-refractivity contribution in [1.29, 1.82) is 0 Å². The van der Waals surface area contributed by atoms with Gasteiger partial charge in [0, 0.05) is 0 Å². The van der Waals surface area contributed by atoms with Gasteiger partial charge < -0.3 is 18.9 Å². The van der Waals surface area contributed by atoms with Crippen LogP contribution in [0.3, 0.4) is 0 Å². The third-order valence-corrected chi connectivity index (χ3v) is 6.29. The topological polar surface area (TPSA) is 36.9 Å². The number of benzene rings is 3. The average Bonchev–Trinajstić information content (AvgIpc) is 3.32. The average molecular weight is 505 g/mol. The molecule has 37 heavy (non-hydrogen) atoms. The Morgan fingerprint density at radius 1 is 0.432 bits per heavy atom. The first-order chi connectivity index (χ1) is 17.2. The number of hydrogen-bond acceptors (Lipinski definition) is 4. The Labute approximate surface area is 223 Å². The van der Waals surface area contributed by atoms with Crippen LogP contribution in [0.4, 0.5) is 0 Å². The van der Waals surface area contributed by atoms with E-state index >= 15 is 0 Å². The largest absolute Gasteiger partial charge is 0.486 e. The highest BCUT2D eigenvalue weighted by atomic mass is 16.7. The Morgan fingerprint density at radius 2 is 0.838 bits per heavy atom. The van der Waals surface area contributed by atoms with E-state index in [0.717, 1.165) is 23.0 Å². The van der Waals surface area contributed by atoms with Crippen LogP contribution in [0.2, 0.25) is 0 Å². The van der Waals surface area contributed by atoms with Crippen LogP contribution in [-0.2, 0) is 16.2 Å². The molecule has 0 bridgehead atoms. The second-order valence-corrected chi connectivity index (χ2v) is 12.5. The van der Waals surface area contributed by atoms with Gasteiger partial charge in [0.25, 0.3) is 0 Å². The number of hydrogen-bond donors (Lipinski definition) is 0. The Morgan fingerprint density at radius 3 is 1.30 bits per heavy atom. The Bertz CT molecular complexity index is 1150. The van der Waals surface area contributed by atoms with Crippen LogP contribution in [0.5, 0.6) is 23.0 Å². The molecule has 0 unspecified atom stereocenters. The fourth-order valence-electron chi connectivity index (χ4n) is 3.81. The first-order valence-electron chi connectivity index (χ1n) is 13.1. The summed E-state index contributed by atoms with van der Waals surface area (Å²) < 4.78 is 21.6. The highest BCUT2D eigenvalue weighted by Crippen LogP contribution is 2.36. The molecule has 0 fully saturated rings. The predicted octanol–water partition coefficient (Wildman–Crippen LogP) is 8.45. The maximum absolute atomic E-state index is 5.53. The fourth-order valence-corrected chi connectivity index (χ4v) is 3.81. The summed E-state index contributed by atoms with van der Waals surface area (Å²) in [4.78, 5) is 0. The van der Waals surface area contributed by atoms with Gasteiger partial charge in [0.1, 0.15) is 13.2 Å². The highest BCUT2D eigenvalue weighted by molar-refractivity contribution is 5.46. The first-order valence-corrected chi connectivity index (χ1v) is 13.1. The van der Waals surface area contributed by atoms with Gasteiger partial charge in [-0.05, 0) is 57.2 Å². The number of ether oxygens (including phenoxy) is 4. The minimum absolute atomic E-state index is 0.163. The normalized spacial score (nSPS) is 14.1. The molecule has 0 atom stereocenters. The zero-order chi connectivity index (χ0) is 27.3. The van der Waals surface area contributed by atoms with Gasteiger partial charge in [0.15, 0.2) is 23.0 Å². The van der Waals surface area contributed by atoms with Crippen molar-refractivity contribution in [1.82, 2.24) is 0 Å². The molecule has 4 heteroatoms. The standard InChI is InChI=1S/C12H16O2.C11H14O2.C10H14/c1-12(2,3)9-4-5-10-11(8-9)14-7-6-13-10;1-11(2,3)8-4-5-9-10(6-8)13-7-12-9;1-10(2,3)9-7-5-4-6-8-9/h4-5,8H,6-7H2,1-3H3;4-6H,7H2,1-3H3;4-8H,1-3H3. The summed E-state index contributed by atoms with van der Waals surface area (Å²) in [7, 11) is 0. The van der Waals surface area contributed by atoms with Gasteiger partial charge in [-0.15, -0.1) is 0 Å². The lowest BCUT2D eigenvalue weighted by Gasteiger charge is -2.23. The smallest absolute Gasteiger partial charge is 0.231 e. The molecule has 0 aliphatic carbocycles.